The van der Waals surface area contributed by atoms with Gasteiger partial charge >= 0.3 is 0 Å². The molecule has 0 bridgehead atoms. The monoisotopic (exact) mass is 301 g/mol. The van der Waals surface area contributed by atoms with Gasteiger partial charge in [-0.3, -0.25) is 4.68 Å². The van der Waals surface area contributed by atoms with Gasteiger partial charge in [0.15, 0.2) is 0 Å². The topological polar surface area (TPSA) is 50.9 Å². The standard InChI is InChI=1S/C10H12BrN3OS/c1-3-14-9(7(11)4-12-14)10(15)8-5-16-6(2)13-8/h4-5,10,15H,3H2,1-2H3. The molecule has 0 saturated heterocycles. The normalized spacial score (nSPS) is 13.0. The Labute approximate surface area is 106 Å². The summed E-state index contributed by atoms with van der Waals surface area (Å²) in [4.78, 5) is 4.29. The number of rotatable bonds is 3. The van der Waals surface area contributed by atoms with Crippen molar-refractivity contribution >= 4 is 27.3 Å². The third-order valence-corrected chi connectivity index (χ3v) is 3.71. The molecule has 0 amide bonds. The van der Waals surface area contributed by atoms with Crippen LogP contribution in [0.1, 0.15) is 29.4 Å². The van der Waals surface area contributed by atoms with Crippen LogP contribution in [0.15, 0.2) is 16.0 Å². The molecule has 0 spiro atoms. The maximum Gasteiger partial charge on any atom is 0.139 e. The highest BCUT2D eigenvalue weighted by atomic mass is 79.9. The molecule has 1 atom stereocenters. The van der Waals surface area contributed by atoms with E-state index in [9.17, 15) is 5.11 Å². The van der Waals surface area contributed by atoms with Gasteiger partial charge in [0.25, 0.3) is 0 Å². The molecule has 0 saturated carbocycles. The van der Waals surface area contributed by atoms with Gasteiger partial charge in [0.05, 0.1) is 27.1 Å². The van der Waals surface area contributed by atoms with E-state index in [1.165, 1.54) is 11.3 Å². The van der Waals surface area contributed by atoms with Crippen molar-refractivity contribution in [1.29, 1.82) is 0 Å². The highest BCUT2D eigenvalue weighted by molar-refractivity contribution is 9.10. The zero-order valence-corrected chi connectivity index (χ0v) is 11.4. The van der Waals surface area contributed by atoms with Crippen LogP contribution in [0.4, 0.5) is 0 Å². The number of hydrogen-bond acceptors (Lipinski definition) is 4. The predicted octanol–water partition coefficient (Wildman–Crippen LogP) is 2.51. The summed E-state index contributed by atoms with van der Waals surface area (Å²) in [5.74, 6) is 0. The van der Waals surface area contributed by atoms with Crippen LogP contribution in [-0.4, -0.2) is 19.9 Å². The summed E-state index contributed by atoms with van der Waals surface area (Å²) in [6, 6.07) is 0. The number of thiazole rings is 1. The fraction of sp³-hybridized carbons (Fsp3) is 0.400. The third-order valence-electron chi connectivity index (χ3n) is 2.31. The first-order chi connectivity index (χ1) is 7.63. The van der Waals surface area contributed by atoms with Crippen molar-refractivity contribution in [2.24, 2.45) is 0 Å². The molecule has 6 heteroatoms. The van der Waals surface area contributed by atoms with E-state index < -0.39 is 6.10 Å². The first kappa shape index (κ1) is 11.8. The lowest BCUT2D eigenvalue weighted by molar-refractivity contribution is 0.203. The number of halogens is 1. The van der Waals surface area contributed by atoms with Crippen LogP contribution in [0, 0.1) is 6.92 Å². The average molecular weight is 302 g/mol. The van der Waals surface area contributed by atoms with E-state index in [2.05, 4.69) is 26.0 Å². The number of nitrogens with zero attached hydrogens (tertiary/aromatic N) is 3. The Morgan fingerprint density at radius 3 is 2.94 bits per heavy atom. The number of aromatic nitrogens is 3. The average Bonchev–Trinajstić information content (AvgIpc) is 2.83. The van der Waals surface area contributed by atoms with Crippen molar-refractivity contribution in [1.82, 2.24) is 14.8 Å². The van der Waals surface area contributed by atoms with E-state index in [1.54, 1.807) is 10.9 Å². The second-order valence-electron chi connectivity index (χ2n) is 3.39. The third kappa shape index (κ3) is 2.05. The SMILES string of the molecule is CCn1ncc(Br)c1C(O)c1csc(C)n1. The maximum absolute atomic E-state index is 10.2. The van der Waals surface area contributed by atoms with Crippen LogP contribution in [0.5, 0.6) is 0 Å². The highest BCUT2D eigenvalue weighted by Gasteiger charge is 2.20. The van der Waals surface area contributed by atoms with Crippen LogP contribution in [0.2, 0.25) is 0 Å². The van der Waals surface area contributed by atoms with Gasteiger partial charge < -0.3 is 5.11 Å². The molecule has 0 aliphatic carbocycles. The fourth-order valence-corrected chi connectivity index (χ4v) is 2.69. The molecule has 0 radical (unpaired) electrons. The molecule has 1 unspecified atom stereocenters. The number of aliphatic hydroxyl groups excluding tert-OH is 1. The predicted molar refractivity (Wildman–Crippen MR) is 66.5 cm³/mol. The van der Waals surface area contributed by atoms with Crippen LogP contribution in [0.3, 0.4) is 0 Å². The molecule has 2 heterocycles. The van der Waals surface area contributed by atoms with E-state index in [4.69, 9.17) is 0 Å². The molecule has 2 aromatic rings. The molecule has 16 heavy (non-hydrogen) atoms. The lowest BCUT2D eigenvalue weighted by atomic mass is 10.2. The highest BCUT2D eigenvalue weighted by Crippen LogP contribution is 2.28. The van der Waals surface area contributed by atoms with E-state index in [0.29, 0.717) is 5.69 Å². The van der Waals surface area contributed by atoms with E-state index in [-0.39, 0.29) is 0 Å². The molecule has 2 aromatic heterocycles. The van der Waals surface area contributed by atoms with Gasteiger partial charge in [-0.1, -0.05) is 0 Å². The molecular weight excluding hydrogens is 290 g/mol. The van der Waals surface area contributed by atoms with Gasteiger partial charge in [-0.05, 0) is 29.8 Å². The van der Waals surface area contributed by atoms with Crippen LogP contribution < -0.4 is 0 Å². The molecule has 4 nitrogen and oxygen atoms in total. The minimum Gasteiger partial charge on any atom is -0.380 e. The molecule has 1 N–H and O–H groups in total. The molecule has 2 rings (SSSR count). The lowest BCUT2D eigenvalue weighted by Gasteiger charge is -2.10. The largest absolute Gasteiger partial charge is 0.380 e. The van der Waals surface area contributed by atoms with Gasteiger partial charge in [0, 0.05) is 11.9 Å². The molecule has 0 fully saturated rings. The molecule has 0 aliphatic heterocycles. The summed E-state index contributed by atoms with van der Waals surface area (Å²) in [5.41, 5.74) is 1.44. The van der Waals surface area contributed by atoms with Gasteiger partial charge in [0.1, 0.15) is 6.10 Å². The van der Waals surface area contributed by atoms with Gasteiger partial charge in [0.2, 0.25) is 0 Å². The zero-order chi connectivity index (χ0) is 11.7. The minimum absolute atomic E-state index is 0.679. The van der Waals surface area contributed by atoms with Crippen LogP contribution in [-0.2, 0) is 6.54 Å². The van der Waals surface area contributed by atoms with Crippen molar-refractivity contribution in [2.75, 3.05) is 0 Å². The Morgan fingerprint density at radius 1 is 1.62 bits per heavy atom. The summed E-state index contributed by atoms with van der Waals surface area (Å²) in [6.45, 7) is 4.64. The first-order valence-corrected chi connectivity index (χ1v) is 6.62. The van der Waals surface area contributed by atoms with E-state index in [1.807, 2.05) is 19.2 Å². The van der Waals surface area contributed by atoms with Crippen molar-refractivity contribution < 1.29 is 5.11 Å². The van der Waals surface area contributed by atoms with Gasteiger partial charge in [-0.2, -0.15) is 5.10 Å². The second-order valence-corrected chi connectivity index (χ2v) is 5.30. The van der Waals surface area contributed by atoms with E-state index >= 15 is 0 Å². The lowest BCUT2D eigenvalue weighted by Crippen LogP contribution is -2.10. The summed E-state index contributed by atoms with van der Waals surface area (Å²) in [6.07, 6.45) is 0.975. The maximum atomic E-state index is 10.2. The Balaban J connectivity index is 2.40. The van der Waals surface area contributed by atoms with Crippen molar-refractivity contribution in [2.45, 2.75) is 26.5 Å². The van der Waals surface area contributed by atoms with Crippen LogP contribution in [0.25, 0.3) is 0 Å². The number of aryl methyl sites for hydroxylation is 2. The molecular formula is C10H12BrN3OS. The smallest absolute Gasteiger partial charge is 0.139 e. The molecule has 0 aliphatic rings. The summed E-state index contributed by atoms with van der Waals surface area (Å²) >= 11 is 4.93. The van der Waals surface area contributed by atoms with Crippen molar-refractivity contribution in [3.63, 3.8) is 0 Å². The van der Waals surface area contributed by atoms with Gasteiger partial charge in [-0.15, -0.1) is 11.3 Å². The van der Waals surface area contributed by atoms with E-state index in [0.717, 1.165) is 21.7 Å². The van der Waals surface area contributed by atoms with Crippen LogP contribution >= 0.6 is 27.3 Å². The Morgan fingerprint density at radius 2 is 2.38 bits per heavy atom. The quantitative estimate of drug-likeness (QED) is 0.948. The van der Waals surface area contributed by atoms with Crippen molar-refractivity contribution in [3.05, 3.63) is 32.4 Å². The number of hydrogen-bond donors (Lipinski definition) is 1. The summed E-state index contributed by atoms with van der Waals surface area (Å²) in [5, 5.41) is 17.2. The number of aliphatic hydroxyl groups is 1. The molecule has 0 aromatic carbocycles. The summed E-state index contributed by atoms with van der Waals surface area (Å²) < 4.78 is 2.58. The first-order valence-electron chi connectivity index (χ1n) is 4.94. The Hall–Kier alpha value is -0.720. The molecule has 86 valence electrons. The second kappa shape index (κ2) is 4.65. The Kier molecular flexibility index (Phi) is 3.41. The Bertz CT molecular complexity index is 494. The summed E-state index contributed by atoms with van der Waals surface area (Å²) in [7, 11) is 0. The van der Waals surface area contributed by atoms with Gasteiger partial charge in [-0.25, -0.2) is 4.98 Å². The fourth-order valence-electron chi connectivity index (χ4n) is 1.54. The minimum atomic E-state index is -0.721. The van der Waals surface area contributed by atoms with Crippen molar-refractivity contribution in [3.8, 4) is 0 Å². The zero-order valence-electron chi connectivity index (χ0n) is 9.01.